The summed E-state index contributed by atoms with van der Waals surface area (Å²) >= 11 is 0. The van der Waals surface area contributed by atoms with Gasteiger partial charge in [-0.05, 0) is 35.4 Å². The van der Waals surface area contributed by atoms with Crippen molar-refractivity contribution in [2.24, 2.45) is 0 Å². The lowest BCUT2D eigenvalue weighted by molar-refractivity contribution is 0.0695. The van der Waals surface area contributed by atoms with Crippen LogP contribution >= 0.6 is 0 Å². The molecule has 0 saturated heterocycles. The van der Waals surface area contributed by atoms with Crippen LogP contribution in [0.25, 0.3) is 22.3 Å². The standard InChI is InChI=1S/C20H16N2O7/c1-29-11-5-2-9(3-6-11)10-4-7-13(23)12(8-10)14-15(19(25)26)17(21)22-18(24)16(14)20(27)28/h2-8,23H,1H3,(H,25,26)(H,27,28)(H3,21,22,24). The van der Waals surface area contributed by atoms with Crippen LogP contribution in [0.5, 0.6) is 11.5 Å². The number of aromatic hydroxyl groups is 1. The number of ether oxygens (including phenoxy) is 1. The molecule has 3 aromatic rings. The number of pyridine rings is 1. The zero-order valence-electron chi connectivity index (χ0n) is 15.1. The fraction of sp³-hybridized carbons (Fsp3) is 0.0500. The van der Waals surface area contributed by atoms with Crippen molar-refractivity contribution in [2.75, 3.05) is 12.8 Å². The second-order valence-corrected chi connectivity index (χ2v) is 6.06. The monoisotopic (exact) mass is 396 g/mol. The number of aromatic carboxylic acids is 2. The SMILES string of the molecule is COc1ccc(-c2ccc(O)c(-c3c(C(=O)O)c(N)[nH]c(=O)c3C(=O)O)c2)cc1. The van der Waals surface area contributed by atoms with Gasteiger partial charge in [0.2, 0.25) is 0 Å². The smallest absolute Gasteiger partial charge is 0.342 e. The lowest BCUT2D eigenvalue weighted by Crippen LogP contribution is -2.24. The van der Waals surface area contributed by atoms with Crippen LogP contribution in [0.1, 0.15) is 20.7 Å². The Morgan fingerprint density at radius 1 is 0.966 bits per heavy atom. The molecule has 0 aliphatic heterocycles. The van der Waals surface area contributed by atoms with Gasteiger partial charge in [-0.15, -0.1) is 0 Å². The van der Waals surface area contributed by atoms with E-state index in [1.807, 2.05) is 4.98 Å². The van der Waals surface area contributed by atoms with Crippen LogP contribution in [-0.4, -0.2) is 39.4 Å². The number of methoxy groups -OCH3 is 1. The van der Waals surface area contributed by atoms with Crippen LogP contribution in [0.4, 0.5) is 5.82 Å². The van der Waals surface area contributed by atoms with Crippen LogP contribution in [0, 0.1) is 0 Å². The third-order valence-corrected chi connectivity index (χ3v) is 4.36. The van der Waals surface area contributed by atoms with Gasteiger partial charge in [0.05, 0.1) is 7.11 Å². The molecule has 0 aliphatic rings. The number of hydrogen-bond donors (Lipinski definition) is 5. The van der Waals surface area contributed by atoms with Gasteiger partial charge >= 0.3 is 11.9 Å². The Morgan fingerprint density at radius 3 is 2.10 bits per heavy atom. The summed E-state index contributed by atoms with van der Waals surface area (Å²) < 4.78 is 5.11. The predicted octanol–water partition coefficient (Wildman–Crippen LogP) is 2.40. The van der Waals surface area contributed by atoms with Crippen LogP contribution in [-0.2, 0) is 0 Å². The number of rotatable bonds is 5. The normalized spacial score (nSPS) is 10.5. The minimum Gasteiger partial charge on any atom is -0.507 e. The van der Waals surface area contributed by atoms with Crippen LogP contribution in [0.15, 0.2) is 47.3 Å². The second-order valence-electron chi connectivity index (χ2n) is 6.06. The number of benzene rings is 2. The molecule has 0 aliphatic carbocycles. The zero-order chi connectivity index (χ0) is 21.3. The molecule has 9 nitrogen and oxygen atoms in total. The first-order valence-electron chi connectivity index (χ1n) is 8.24. The maximum absolute atomic E-state index is 12.2. The Labute approximate surface area is 163 Å². The molecule has 0 spiro atoms. The molecule has 1 heterocycles. The Morgan fingerprint density at radius 2 is 1.55 bits per heavy atom. The van der Waals surface area contributed by atoms with Crippen molar-refractivity contribution in [3.05, 3.63) is 63.9 Å². The summed E-state index contributed by atoms with van der Waals surface area (Å²) in [6.07, 6.45) is 0. The summed E-state index contributed by atoms with van der Waals surface area (Å²) in [4.78, 5) is 37.6. The maximum Gasteiger partial charge on any atom is 0.342 e. The average Bonchev–Trinajstić information content (AvgIpc) is 2.67. The molecular formula is C20H16N2O7. The predicted molar refractivity (Wildman–Crippen MR) is 104 cm³/mol. The van der Waals surface area contributed by atoms with Gasteiger partial charge in [0, 0.05) is 11.1 Å². The molecular weight excluding hydrogens is 380 g/mol. The lowest BCUT2D eigenvalue weighted by Gasteiger charge is -2.14. The number of H-pyrrole nitrogens is 1. The van der Waals surface area contributed by atoms with Gasteiger partial charge in [-0.1, -0.05) is 18.2 Å². The van der Waals surface area contributed by atoms with Crippen molar-refractivity contribution in [2.45, 2.75) is 0 Å². The Kier molecular flexibility index (Phi) is 4.97. The molecule has 29 heavy (non-hydrogen) atoms. The molecule has 0 radical (unpaired) electrons. The van der Waals surface area contributed by atoms with Crippen LogP contribution < -0.4 is 16.0 Å². The molecule has 148 valence electrons. The number of anilines is 1. The first kappa shape index (κ1) is 19.5. The van der Waals surface area contributed by atoms with Crippen molar-refractivity contribution in [1.29, 1.82) is 0 Å². The molecule has 2 aromatic carbocycles. The number of aromatic amines is 1. The Hall–Kier alpha value is -4.27. The summed E-state index contributed by atoms with van der Waals surface area (Å²) in [6.45, 7) is 0. The van der Waals surface area contributed by atoms with Gasteiger partial charge in [-0.3, -0.25) is 4.79 Å². The highest BCUT2D eigenvalue weighted by atomic mass is 16.5. The van der Waals surface area contributed by atoms with Crippen LogP contribution in [0.3, 0.4) is 0 Å². The Bertz CT molecular complexity index is 1180. The number of phenols is 1. The van der Waals surface area contributed by atoms with E-state index in [0.29, 0.717) is 16.9 Å². The lowest BCUT2D eigenvalue weighted by atomic mass is 9.92. The number of carboxylic acids is 2. The van der Waals surface area contributed by atoms with Gasteiger partial charge in [0.25, 0.3) is 5.56 Å². The largest absolute Gasteiger partial charge is 0.507 e. The topological polar surface area (TPSA) is 163 Å². The van der Waals surface area contributed by atoms with Gasteiger partial charge in [0.1, 0.15) is 28.4 Å². The third kappa shape index (κ3) is 3.48. The molecule has 0 fully saturated rings. The van der Waals surface area contributed by atoms with E-state index in [1.165, 1.54) is 19.2 Å². The highest BCUT2D eigenvalue weighted by Crippen LogP contribution is 2.38. The summed E-state index contributed by atoms with van der Waals surface area (Å²) in [5.74, 6) is -3.51. The van der Waals surface area contributed by atoms with E-state index in [4.69, 9.17) is 10.5 Å². The van der Waals surface area contributed by atoms with Crippen molar-refractivity contribution in [3.63, 3.8) is 0 Å². The summed E-state index contributed by atoms with van der Waals surface area (Å²) in [7, 11) is 1.52. The number of nitrogens with one attached hydrogen (secondary N) is 1. The Balaban J connectivity index is 2.34. The maximum atomic E-state index is 12.2. The highest BCUT2D eigenvalue weighted by Gasteiger charge is 2.28. The van der Waals surface area contributed by atoms with Crippen LogP contribution in [0.2, 0.25) is 0 Å². The number of carbonyl (C=O) groups is 2. The minimum atomic E-state index is -1.65. The molecule has 9 heteroatoms. The van der Waals surface area contributed by atoms with Gasteiger partial charge < -0.3 is 30.8 Å². The molecule has 1 aromatic heterocycles. The number of aromatic nitrogens is 1. The van der Waals surface area contributed by atoms with E-state index in [0.717, 1.165) is 0 Å². The summed E-state index contributed by atoms with van der Waals surface area (Å²) in [6, 6.07) is 11.1. The van der Waals surface area contributed by atoms with Crippen molar-refractivity contribution < 1.29 is 29.6 Å². The quantitative estimate of drug-likeness (QED) is 0.439. The molecule has 3 rings (SSSR count). The van der Waals surface area contributed by atoms with E-state index < -0.39 is 45.8 Å². The number of phenolic OH excluding ortho intramolecular Hbond substituents is 1. The first-order chi connectivity index (χ1) is 13.7. The number of nitrogen functional groups attached to an aromatic ring is 1. The number of carboxylic acid groups (broad SMARTS) is 2. The molecule has 0 atom stereocenters. The van der Waals surface area contributed by atoms with E-state index in [1.54, 1.807) is 30.3 Å². The fourth-order valence-corrected chi connectivity index (χ4v) is 3.02. The average molecular weight is 396 g/mol. The van der Waals surface area contributed by atoms with E-state index in [-0.39, 0.29) is 5.56 Å². The van der Waals surface area contributed by atoms with Gasteiger partial charge in [0.15, 0.2) is 0 Å². The first-order valence-corrected chi connectivity index (χ1v) is 8.24. The second kappa shape index (κ2) is 7.39. The molecule has 0 unspecified atom stereocenters. The van der Waals surface area contributed by atoms with Crippen molar-refractivity contribution in [3.8, 4) is 33.8 Å². The molecule has 0 saturated carbocycles. The third-order valence-electron chi connectivity index (χ3n) is 4.36. The molecule has 0 bridgehead atoms. The molecule has 6 N–H and O–H groups in total. The minimum absolute atomic E-state index is 0.147. The van der Waals surface area contributed by atoms with Crippen molar-refractivity contribution >= 4 is 17.8 Å². The summed E-state index contributed by atoms with van der Waals surface area (Å²) in [5, 5.41) is 29.4. The fourth-order valence-electron chi connectivity index (χ4n) is 3.02. The number of hydrogen-bond acceptors (Lipinski definition) is 6. The van der Waals surface area contributed by atoms with E-state index in [9.17, 15) is 29.7 Å². The zero-order valence-corrected chi connectivity index (χ0v) is 15.1. The number of nitrogens with two attached hydrogens (primary N) is 1. The molecule has 0 amide bonds. The van der Waals surface area contributed by atoms with Gasteiger partial charge in [-0.25, -0.2) is 9.59 Å². The van der Waals surface area contributed by atoms with E-state index >= 15 is 0 Å². The van der Waals surface area contributed by atoms with Gasteiger partial charge in [-0.2, -0.15) is 0 Å². The highest BCUT2D eigenvalue weighted by molar-refractivity contribution is 6.08. The summed E-state index contributed by atoms with van der Waals surface area (Å²) in [5.41, 5.74) is 3.72. The van der Waals surface area contributed by atoms with E-state index in [2.05, 4.69) is 0 Å². The van der Waals surface area contributed by atoms with Crippen molar-refractivity contribution in [1.82, 2.24) is 4.98 Å².